The fourth-order valence-electron chi connectivity index (χ4n) is 2.86. The molecule has 1 saturated heterocycles. The molecule has 102 valence electrons. The van der Waals surface area contributed by atoms with Gasteiger partial charge < -0.3 is 4.74 Å². The van der Waals surface area contributed by atoms with Crippen LogP contribution < -0.4 is 0 Å². The fourth-order valence-corrected chi connectivity index (χ4v) is 3.94. The Bertz CT molecular complexity index is 464. The van der Waals surface area contributed by atoms with Gasteiger partial charge in [-0.15, -0.1) is 0 Å². The van der Waals surface area contributed by atoms with E-state index in [9.17, 15) is 4.79 Å². The molecule has 1 aliphatic heterocycles. The lowest BCUT2D eigenvalue weighted by atomic mass is 10.0. The lowest BCUT2D eigenvalue weighted by Crippen LogP contribution is -2.19. The van der Waals surface area contributed by atoms with Gasteiger partial charge in [0.15, 0.2) is 5.78 Å². The highest BCUT2D eigenvalue weighted by Crippen LogP contribution is 2.25. The first-order valence-electron chi connectivity index (χ1n) is 7.17. The van der Waals surface area contributed by atoms with Crippen molar-refractivity contribution in [2.45, 2.75) is 37.4 Å². The maximum Gasteiger partial charge on any atom is 0.172 e. The number of benzene rings is 1. The van der Waals surface area contributed by atoms with Gasteiger partial charge in [0.2, 0.25) is 0 Å². The molecule has 1 heterocycles. The number of aryl methyl sites for hydroxylation is 2. The average Bonchev–Trinajstić information content (AvgIpc) is 2.93. The number of thioether (sulfide) groups is 1. The van der Waals surface area contributed by atoms with Gasteiger partial charge in [0.1, 0.15) is 0 Å². The molecule has 0 radical (unpaired) electrons. The van der Waals surface area contributed by atoms with E-state index in [1.54, 1.807) is 11.8 Å². The van der Waals surface area contributed by atoms with E-state index in [-0.39, 0.29) is 5.78 Å². The summed E-state index contributed by atoms with van der Waals surface area (Å²) in [6, 6.07) is 6.28. The zero-order valence-electron chi connectivity index (χ0n) is 11.2. The van der Waals surface area contributed by atoms with Crippen LogP contribution in [-0.2, 0) is 17.6 Å². The summed E-state index contributed by atoms with van der Waals surface area (Å²) in [5.41, 5.74) is 3.73. The average molecular weight is 276 g/mol. The van der Waals surface area contributed by atoms with Gasteiger partial charge in [0.25, 0.3) is 0 Å². The molecule has 0 saturated carbocycles. The van der Waals surface area contributed by atoms with Crippen LogP contribution in [-0.4, -0.2) is 30.0 Å². The van der Waals surface area contributed by atoms with E-state index in [0.29, 0.717) is 11.0 Å². The molecule has 0 unspecified atom stereocenters. The third kappa shape index (κ3) is 3.21. The molecular formula is C16H20O2S. The quantitative estimate of drug-likeness (QED) is 0.790. The SMILES string of the molecule is O=C(CSC1CCOCC1)c1ccc2c(c1)CCC2. The van der Waals surface area contributed by atoms with Gasteiger partial charge in [0, 0.05) is 24.0 Å². The minimum atomic E-state index is 0.284. The normalized spacial score (nSPS) is 19.4. The molecule has 1 aromatic carbocycles. The van der Waals surface area contributed by atoms with Crippen molar-refractivity contribution in [2.75, 3.05) is 19.0 Å². The van der Waals surface area contributed by atoms with E-state index >= 15 is 0 Å². The van der Waals surface area contributed by atoms with Crippen molar-refractivity contribution in [3.05, 3.63) is 34.9 Å². The molecule has 0 N–H and O–H groups in total. The van der Waals surface area contributed by atoms with Crippen LogP contribution in [0.4, 0.5) is 0 Å². The number of ketones is 1. The number of hydrogen-bond acceptors (Lipinski definition) is 3. The van der Waals surface area contributed by atoms with E-state index in [1.807, 2.05) is 6.07 Å². The van der Waals surface area contributed by atoms with Crippen molar-refractivity contribution >= 4 is 17.5 Å². The highest BCUT2D eigenvalue weighted by atomic mass is 32.2. The second kappa shape index (κ2) is 6.10. The maximum absolute atomic E-state index is 12.2. The molecule has 1 aromatic rings. The summed E-state index contributed by atoms with van der Waals surface area (Å²) in [6.45, 7) is 1.70. The predicted molar refractivity (Wildman–Crippen MR) is 79.1 cm³/mol. The Kier molecular flexibility index (Phi) is 4.24. The van der Waals surface area contributed by atoms with Crippen molar-refractivity contribution in [2.24, 2.45) is 0 Å². The van der Waals surface area contributed by atoms with Crippen molar-refractivity contribution in [1.82, 2.24) is 0 Å². The van der Waals surface area contributed by atoms with Crippen LogP contribution in [0.1, 0.15) is 40.7 Å². The second-order valence-corrected chi connectivity index (χ2v) is 6.67. The molecule has 0 aromatic heterocycles. The molecule has 3 heteroatoms. The van der Waals surface area contributed by atoms with Crippen LogP contribution in [0.25, 0.3) is 0 Å². The number of Topliss-reactive ketones (excluding diaryl/α,β-unsaturated/α-hetero) is 1. The van der Waals surface area contributed by atoms with Gasteiger partial charge in [-0.25, -0.2) is 0 Å². The zero-order valence-corrected chi connectivity index (χ0v) is 12.0. The summed E-state index contributed by atoms with van der Waals surface area (Å²) >= 11 is 1.80. The van der Waals surface area contributed by atoms with Gasteiger partial charge in [0.05, 0.1) is 5.75 Å². The Balaban J connectivity index is 1.57. The topological polar surface area (TPSA) is 26.3 Å². The molecule has 0 bridgehead atoms. The maximum atomic E-state index is 12.2. The molecule has 1 fully saturated rings. The lowest BCUT2D eigenvalue weighted by Gasteiger charge is -2.21. The Morgan fingerprint density at radius 2 is 2.00 bits per heavy atom. The smallest absolute Gasteiger partial charge is 0.172 e. The minimum Gasteiger partial charge on any atom is -0.381 e. The van der Waals surface area contributed by atoms with E-state index in [1.165, 1.54) is 24.0 Å². The molecule has 0 spiro atoms. The van der Waals surface area contributed by atoms with Crippen molar-refractivity contribution < 1.29 is 9.53 Å². The first kappa shape index (κ1) is 13.2. The molecule has 19 heavy (non-hydrogen) atoms. The minimum absolute atomic E-state index is 0.284. The molecule has 2 nitrogen and oxygen atoms in total. The fraction of sp³-hybridized carbons (Fsp3) is 0.562. The lowest BCUT2D eigenvalue weighted by molar-refractivity contribution is 0.0988. The second-order valence-electron chi connectivity index (χ2n) is 5.38. The van der Waals surface area contributed by atoms with E-state index < -0.39 is 0 Å². The molecule has 0 atom stereocenters. The molecule has 0 amide bonds. The highest BCUT2D eigenvalue weighted by molar-refractivity contribution is 8.00. The van der Waals surface area contributed by atoms with Crippen molar-refractivity contribution in [3.63, 3.8) is 0 Å². The van der Waals surface area contributed by atoms with Crippen LogP contribution >= 0.6 is 11.8 Å². The van der Waals surface area contributed by atoms with Crippen LogP contribution in [0.3, 0.4) is 0 Å². The Hall–Kier alpha value is -0.800. The Morgan fingerprint density at radius 3 is 2.84 bits per heavy atom. The van der Waals surface area contributed by atoms with Crippen molar-refractivity contribution in [1.29, 1.82) is 0 Å². The first-order valence-corrected chi connectivity index (χ1v) is 8.22. The van der Waals surface area contributed by atoms with Crippen LogP contribution in [0.2, 0.25) is 0 Å². The number of carbonyl (C=O) groups is 1. The van der Waals surface area contributed by atoms with Gasteiger partial charge in [-0.3, -0.25) is 4.79 Å². The van der Waals surface area contributed by atoms with Gasteiger partial charge >= 0.3 is 0 Å². The third-order valence-corrected chi connectivity index (χ3v) is 5.41. The van der Waals surface area contributed by atoms with Crippen LogP contribution in [0.15, 0.2) is 18.2 Å². The van der Waals surface area contributed by atoms with Crippen LogP contribution in [0, 0.1) is 0 Å². The Morgan fingerprint density at radius 1 is 1.21 bits per heavy atom. The number of ether oxygens (including phenoxy) is 1. The predicted octanol–water partition coefficient (Wildman–Crippen LogP) is 3.27. The van der Waals surface area contributed by atoms with Crippen molar-refractivity contribution in [3.8, 4) is 0 Å². The molecule has 2 aliphatic rings. The summed E-state index contributed by atoms with van der Waals surface area (Å²) < 4.78 is 5.34. The summed E-state index contributed by atoms with van der Waals surface area (Å²) in [7, 11) is 0. The number of rotatable bonds is 4. The van der Waals surface area contributed by atoms with E-state index in [2.05, 4.69) is 12.1 Å². The standard InChI is InChI=1S/C16H20O2S/c17-16(11-19-15-6-8-18-9-7-15)14-5-4-12-2-1-3-13(12)10-14/h4-5,10,15H,1-3,6-9,11H2. The van der Waals surface area contributed by atoms with E-state index in [0.717, 1.165) is 38.0 Å². The van der Waals surface area contributed by atoms with Gasteiger partial charge in [-0.1, -0.05) is 12.1 Å². The number of carbonyl (C=O) groups excluding carboxylic acids is 1. The Labute approximate surface area is 118 Å². The zero-order chi connectivity index (χ0) is 13.1. The molecule has 1 aliphatic carbocycles. The first-order chi connectivity index (χ1) is 9.33. The number of fused-ring (bicyclic) bond motifs is 1. The summed E-state index contributed by atoms with van der Waals surface area (Å²) in [4.78, 5) is 12.2. The van der Waals surface area contributed by atoms with Gasteiger partial charge in [-0.2, -0.15) is 11.8 Å². The third-order valence-electron chi connectivity index (χ3n) is 4.04. The van der Waals surface area contributed by atoms with Crippen LogP contribution in [0.5, 0.6) is 0 Å². The monoisotopic (exact) mass is 276 g/mol. The molecular weight excluding hydrogens is 256 g/mol. The largest absolute Gasteiger partial charge is 0.381 e. The summed E-state index contributed by atoms with van der Waals surface area (Å²) in [6.07, 6.45) is 5.73. The number of hydrogen-bond donors (Lipinski definition) is 0. The van der Waals surface area contributed by atoms with Gasteiger partial charge in [-0.05, 0) is 49.3 Å². The van der Waals surface area contributed by atoms with E-state index in [4.69, 9.17) is 4.74 Å². The summed E-state index contributed by atoms with van der Waals surface area (Å²) in [5.74, 6) is 0.898. The molecule has 3 rings (SSSR count). The highest BCUT2D eigenvalue weighted by Gasteiger charge is 2.18. The summed E-state index contributed by atoms with van der Waals surface area (Å²) in [5, 5.41) is 0.604.